The SMILES string of the molecule is CCC(=O)OC(C)N1CCC(CNC(=O)OC(C)(C)C)CC1. The van der Waals surface area contributed by atoms with E-state index < -0.39 is 5.60 Å². The molecule has 0 aromatic carbocycles. The van der Waals surface area contributed by atoms with E-state index >= 15 is 0 Å². The van der Waals surface area contributed by atoms with E-state index in [1.165, 1.54) is 0 Å². The van der Waals surface area contributed by atoms with Crippen LogP contribution >= 0.6 is 0 Å². The molecule has 0 bridgehead atoms. The third-order valence-electron chi connectivity index (χ3n) is 3.69. The average molecular weight is 314 g/mol. The number of amides is 1. The summed E-state index contributed by atoms with van der Waals surface area (Å²) < 4.78 is 10.6. The molecule has 1 heterocycles. The van der Waals surface area contributed by atoms with E-state index in [1.807, 2.05) is 27.7 Å². The lowest BCUT2D eigenvalue weighted by atomic mass is 9.97. The number of piperidine rings is 1. The molecule has 1 fully saturated rings. The minimum absolute atomic E-state index is 0.166. The van der Waals surface area contributed by atoms with E-state index in [4.69, 9.17) is 9.47 Å². The van der Waals surface area contributed by atoms with Crippen molar-refractivity contribution in [2.24, 2.45) is 5.92 Å². The average Bonchev–Trinajstić information content (AvgIpc) is 2.43. The van der Waals surface area contributed by atoms with Crippen molar-refractivity contribution >= 4 is 12.1 Å². The van der Waals surface area contributed by atoms with E-state index in [-0.39, 0.29) is 18.3 Å². The lowest BCUT2D eigenvalue weighted by molar-refractivity contribution is -0.158. The van der Waals surface area contributed by atoms with Crippen molar-refractivity contribution < 1.29 is 19.1 Å². The molecule has 1 rings (SSSR count). The highest BCUT2D eigenvalue weighted by atomic mass is 16.6. The quantitative estimate of drug-likeness (QED) is 0.790. The van der Waals surface area contributed by atoms with Crippen LogP contribution in [0.5, 0.6) is 0 Å². The molecule has 1 saturated heterocycles. The van der Waals surface area contributed by atoms with Gasteiger partial charge in [0.2, 0.25) is 0 Å². The molecule has 1 aliphatic rings. The Kier molecular flexibility index (Phi) is 7.13. The van der Waals surface area contributed by atoms with Crippen molar-refractivity contribution in [1.82, 2.24) is 10.2 Å². The summed E-state index contributed by atoms with van der Waals surface area (Å²) in [5.74, 6) is 0.277. The van der Waals surface area contributed by atoms with E-state index in [2.05, 4.69) is 10.2 Å². The minimum atomic E-state index is -0.466. The van der Waals surface area contributed by atoms with E-state index in [0.717, 1.165) is 25.9 Å². The van der Waals surface area contributed by atoms with Gasteiger partial charge < -0.3 is 14.8 Å². The van der Waals surface area contributed by atoms with Crippen molar-refractivity contribution in [2.75, 3.05) is 19.6 Å². The van der Waals surface area contributed by atoms with Gasteiger partial charge in [0.1, 0.15) is 5.60 Å². The van der Waals surface area contributed by atoms with Crippen LogP contribution in [0.2, 0.25) is 0 Å². The third-order valence-corrected chi connectivity index (χ3v) is 3.69. The van der Waals surface area contributed by atoms with Gasteiger partial charge in [-0.3, -0.25) is 9.69 Å². The molecule has 0 aromatic heterocycles. The number of nitrogens with zero attached hydrogens (tertiary/aromatic N) is 1. The predicted molar refractivity (Wildman–Crippen MR) is 84.4 cm³/mol. The number of rotatable bonds is 5. The maximum atomic E-state index is 11.6. The summed E-state index contributed by atoms with van der Waals surface area (Å²) in [7, 11) is 0. The van der Waals surface area contributed by atoms with Crippen LogP contribution in [0.1, 0.15) is 53.9 Å². The Morgan fingerprint density at radius 3 is 2.36 bits per heavy atom. The molecule has 0 spiro atoms. The highest BCUT2D eigenvalue weighted by Crippen LogP contribution is 2.19. The lowest BCUT2D eigenvalue weighted by Crippen LogP contribution is -2.44. The fraction of sp³-hybridized carbons (Fsp3) is 0.875. The number of esters is 1. The van der Waals surface area contributed by atoms with Crippen LogP contribution in [0.25, 0.3) is 0 Å². The van der Waals surface area contributed by atoms with Crippen LogP contribution in [0, 0.1) is 5.92 Å². The molecule has 0 radical (unpaired) electrons. The van der Waals surface area contributed by atoms with Gasteiger partial charge >= 0.3 is 12.1 Å². The number of nitrogens with one attached hydrogen (secondary N) is 1. The van der Waals surface area contributed by atoms with Gasteiger partial charge in [-0.1, -0.05) is 6.92 Å². The Bertz CT molecular complexity index is 371. The number of carbonyl (C=O) groups excluding carboxylic acids is 2. The molecule has 22 heavy (non-hydrogen) atoms. The second kappa shape index (κ2) is 8.36. The fourth-order valence-corrected chi connectivity index (χ4v) is 2.41. The second-order valence-electron chi connectivity index (χ2n) is 6.80. The van der Waals surface area contributed by atoms with Crippen LogP contribution in [0.3, 0.4) is 0 Å². The largest absolute Gasteiger partial charge is 0.447 e. The Labute approximate surface area is 133 Å². The highest BCUT2D eigenvalue weighted by Gasteiger charge is 2.25. The van der Waals surface area contributed by atoms with E-state index in [9.17, 15) is 9.59 Å². The number of likely N-dealkylation sites (tertiary alicyclic amines) is 1. The van der Waals surface area contributed by atoms with Crippen LogP contribution in [0.4, 0.5) is 4.79 Å². The predicted octanol–water partition coefficient (Wildman–Crippen LogP) is 2.52. The molecule has 1 N–H and O–H groups in total. The Hall–Kier alpha value is -1.30. The van der Waals surface area contributed by atoms with E-state index in [0.29, 0.717) is 18.9 Å². The van der Waals surface area contributed by atoms with Gasteiger partial charge in [0.25, 0.3) is 0 Å². The monoisotopic (exact) mass is 314 g/mol. The topological polar surface area (TPSA) is 67.9 Å². The Morgan fingerprint density at radius 2 is 1.86 bits per heavy atom. The molecule has 0 saturated carbocycles. The zero-order chi connectivity index (χ0) is 16.8. The van der Waals surface area contributed by atoms with Crippen molar-refractivity contribution in [1.29, 1.82) is 0 Å². The molecule has 0 aromatic rings. The molecule has 0 aliphatic carbocycles. The van der Waals surface area contributed by atoms with Gasteiger partial charge in [-0.2, -0.15) is 0 Å². The highest BCUT2D eigenvalue weighted by molar-refractivity contribution is 5.69. The van der Waals surface area contributed by atoms with Crippen LogP contribution in [-0.2, 0) is 14.3 Å². The minimum Gasteiger partial charge on any atom is -0.447 e. The summed E-state index contributed by atoms with van der Waals surface area (Å²) >= 11 is 0. The molecule has 1 amide bonds. The first kappa shape index (κ1) is 18.7. The zero-order valence-corrected chi connectivity index (χ0v) is 14.5. The van der Waals surface area contributed by atoms with Crippen molar-refractivity contribution in [2.45, 2.75) is 65.7 Å². The number of hydrogen-bond donors (Lipinski definition) is 1. The summed E-state index contributed by atoms with van der Waals surface area (Å²) in [6, 6.07) is 0. The molecule has 6 nitrogen and oxygen atoms in total. The summed E-state index contributed by atoms with van der Waals surface area (Å²) in [5.41, 5.74) is -0.466. The fourth-order valence-electron chi connectivity index (χ4n) is 2.41. The summed E-state index contributed by atoms with van der Waals surface area (Å²) in [5, 5.41) is 2.83. The summed E-state index contributed by atoms with van der Waals surface area (Å²) in [6.07, 6.45) is 1.82. The lowest BCUT2D eigenvalue weighted by Gasteiger charge is -2.35. The first-order chi connectivity index (χ1) is 10.2. The number of ether oxygens (including phenoxy) is 2. The molecule has 128 valence electrons. The zero-order valence-electron chi connectivity index (χ0n) is 14.5. The molecule has 1 unspecified atom stereocenters. The van der Waals surface area contributed by atoms with Crippen LogP contribution in [-0.4, -0.2) is 48.4 Å². The summed E-state index contributed by atoms with van der Waals surface area (Å²) in [4.78, 5) is 25.1. The van der Waals surface area contributed by atoms with Gasteiger partial charge in [0.15, 0.2) is 6.23 Å². The van der Waals surface area contributed by atoms with Crippen molar-refractivity contribution in [3.05, 3.63) is 0 Å². The first-order valence-corrected chi connectivity index (χ1v) is 8.11. The molecular formula is C16H30N2O4. The molecule has 1 aliphatic heterocycles. The normalized spacial score (nSPS) is 18.6. The van der Waals surface area contributed by atoms with Gasteiger partial charge in [-0.15, -0.1) is 0 Å². The van der Waals surface area contributed by atoms with Crippen LogP contribution < -0.4 is 5.32 Å². The Morgan fingerprint density at radius 1 is 1.27 bits per heavy atom. The van der Waals surface area contributed by atoms with Gasteiger partial charge in [0.05, 0.1) is 0 Å². The number of carbonyl (C=O) groups is 2. The summed E-state index contributed by atoms with van der Waals surface area (Å²) in [6.45, 7) is 11.6. The van der Waals surface area contributed by atoms with Crippen LogP contribution in [0.15, 0.2) is 0 Å². The second-order valence-corrected chi connectivity index (χ2v) is 6.80. The third kappa shape index (κ3) is 7.11. The maximum Gasteiger partial charge on any atom is 0.407 e. The molecule has 1 atom stereocenters. The van der Waals surface area contributed by atoms with Crippen molar-refractivity contribution in [3.63, 3.8) is 0 Å². The Balaban J connectivity index is 2.25. The van der Waals surface area contributed by atoms with Gasteiger partial charge in [-0.05, 0) is 46.5 Å². The smallest absolute Gasteiger partial charge is 0.407 e. The maximum absolute atomic E-state index is 11.6. The standard InChI is InChI=1S/C16H30N2O4/c1-6-14(19)21-12(2)18-9-7-13(8-10-18)11-17-15(20)22-16(3,4)5/h12-13H,6-11H2,1-5H3,(H,17,20). The number of alkyl carbamates (subject to hydrolysis) is 1. The van der Waals surface area contributed by atoms with Gasteiger partial charge in [-0.25, -0.2) is 4.79 Å². The number of hydrogen-bond acceptors (Lipinski definition) is 5. The molecule has 6 heteroatoms. The first-order valence-electron chi connectivity index (χ1n) is 8.11. The van der Waals surface area contributed by atoms with E-state index in [1.54, 1.807) is 6.92 Å². The van der Waals surface area contributed by atoms with Crippen molar-refractivity contribution in [3.8, 4) is 0 Å². The molecular weight excluding hydrogens is 284 g/mol. The van der Waals surface area contributed by atoms with Gasteiger partial charge in [0, 0.05) is 26.1 Å².